The minimum atomic E-state index is 0.110. The summed E-state index contributed by atoms with van der Waals surface area (Å²) in [6, 6.07) is 0.110. The lowest BCUT2D eigenvalue weighted by atomic mass is 9.44. The molecule has 4 saturated carbocycles. The lowest BCUT2D eigenvalue weighted by molar-refractivity contribution is -0.116. The highest BCUT2D eigenvalue weighted by Crippen LogP contribution is 2.68. The lowest BCUT2D eigenvalue weighted by Crippen LogP contribution is -2.54. The van der Waals surface area contributed by atoms with Crippen molar-refractivity contribution in [2.24, 2.45) is 63.4 Å². The maximum Gasteiger partial charge on any atom is 0.0922 e. The third-order valence-electron chi connectivity index (χ3n) is 11.8. The Labute approximate surface area is 186 Å². The second-order valence-electron chi connectivity index (χ2n) is 13.2. The molecule has 2 nitrogen and oxygen atoms in total. The summed E-state index contributed by atoms with van der Waals surface area (Å²) in [5, 5.41) is 3.46. The summed E-state index contributed by atoms with van der Waals surface area (Å²) in [5.74, 6) is 7.11. The second kappa shape index (κ2) is 8.51. The molecule has 0 saturated heterocycles. The number of hydrogen-bond donors (Lipinski definition) is 0. The van der Waals surface area contributed by atoms with Crippen molar-refractivity contribution in [1.29, 1.82) is 0 Å². The molecule has 0 aliphatic heterocycles. The maximum absolute atomic E-state index is 11.2. The first kappa shape index (κ1) is 22.8. The molecular formula is C28H49NO. The topological polar surface area (TPSA) is 29.4 Å². The number of nitrogens with zero attached hydrogens (tertiary/aromatic N) is 1. The van der Waals surface area contributed by atoms with Gasteiger partial charge in [0, 0.05) is 0 Å². The molecule has 4 aliphatic carbocycles. The molecule has 172 valence electrons. The Morgan fingerprint density at radius 1 is 0.833 bits per heavy atom. The van der Waals surface area contributed by atoms with E-state index < -0.39 is 0 Å². The van der Waals surface area contributed by atoms with Crippen LogP contribution in [0, 0.1) is 63.1 Å². The van der Waals surface area contributed by atoms with E-state index in [0.717, 1.165) is 60.2 Å². The minimum absolute atomic E-state index is 0.110. The Kier molecular flexibility index (Phi) is 6.46. The van der Waals surface area contributed by atoms with Crippen molar-refractivity contribution in [2.45, 2.75) is 118 Å². The second-order valence-corrected chi connectivity index (χ2v) is 13.2. The summed E-state index contributed by atoms with van der Waals surface area (Å²) >= 11 is 0. The molecular weight excluding hydrogens is 366 g/mol. The fourth-order valence-electron chi connectivity index (χ4n) is 9.37. The summed E-state index contributed by atoms with van der Waals surface area (Å²) in [7, 11) is 0. The number of nitroso groups, excluding NO2 is 1. The largest absolute Gasteiger partial charge is 0.151 e. The Morgan fingerprint density at radius 2 is 1.53 bits per heavy atom. The van der Waals surface area contributed by atoms with E-state index in [1.807, 2.05) is 0 Å². The quantitative estimate of drug-likeness (QED) is 0.400. The van der Waals surface area contributed by atoms with Crippen molar-refractivity contribution in [1.82, 2.24) is 0 Å². The number of hydrogen-bond acceptors (Lipinski definition) is 2. The van der Waals surface area contributed by atoms with Crippen LogP contribution >= 0.6 is 0 Å². The fourth-order valence-corrected chi connectivity index (χ4v) is 9.37. The van der Waals surface area contributed by atoms with Gasteiger partial charge in [0.25, 0.3) is 0 Å². The van der Waals surface area contributed by atoms with Gasteiger partial charge >= 0.3 is 0 Å². The standard InChI is InChI=1S/C28H49NO/c1-18(2)19(3)7-8-20(4)24-11-12-25-23-10-9-21-17-22(29-30)13-15-27(21,5)26(23)14-16-28(24,25)6/h18-26H,7-17H2,1-6H3/t19?,20-,21+,22-,23?,24?,25?,26?,27-,28+/m0/s1. The van der Waals surface area contributed by atoms with E-state index >= 15 is 0 Å². The van der Waals surface area contributed by atoms with E-state index in [-0.39, 0.29) is 6.04 Å². The van der Waals surface area contributed by atoms with Crippen molar-refractivity contribution in [3.05, 3.63) is 4.91 Å². The van der Waals surface area contributed by atoms with Crippen LogP contribution in [0.1, 0.15) is 112 Å². The first-order chi connectivity index (χ1) is 14.2. The molecule has 5 unspecified atom stereocenters. The predicted octanol–water partition coefficient (Wildman–Crippen LogP) is 8.49. The predicted molar refractivity (Wildman–Crippen MR) is 127 cm³/mol. The van der Waals surface area contributed by atoms with Crippen LogP contribution in [0.15, 0.2) is 5.18 Å². The van der Waals surface area contributed by atoms with Gasteiger partial charge in [-0.05, 0) is 116 Å². The van der Waals surface area contributed by atoms with E-state index in [9.17, 15) is 4.91 Å². The normalized spacial score (nSPS) is 47.8. The van der Waals surface area contributed by atoms with E-state index in [0.29, 0.717) is 10.8 Å². The van der Waals surface area contributed by atoms with E-state index in [1.165, 1.54) is 57.8 Å². The van der Waals surface area contributed by atoms with E-state index in [1.54, 1.807) is 0 Å². The van der Waals surface area contributed by atoms with Crippen molar-refractivity contribution in [3.63, 3.8) is 0 Å². The van der Waals surface area contributed by atoms with Crippen LogP contribution < -0.4 is 0 Å². The molecule has 10 atom stereocenters. The summed E-state index contributed by atoms with van der Waals surface area (Å²) in [6.07, 6.45) is 14.9. The Balaban J connectivity index is 1.45. The molecule has 0 aromatic carbocycles. The molecule has 0 spiro atoms. The molecule has 4 rings (SSSR count). The zero-order valence-electron chi connectivity index (χ0n) is 20.8. The van der Waals surface area contributed by atoms with Gasteiger partial charge in [0.15, 0.2) is 0 Å². The molecule has 4 fully saturated rings. The zero-order chi connectivity index (χ0) is 21.7. The maximum atomic E-state index is 11.2. The first-order valence-electron chi connectivity index (χ1n) is 13.5. The highest BCUT2D eigenvalue weighted by molar-refractivity contribution is 5.10. The SMILES string of the molecule is CC(C)C(C)CC[C@H](C)C1CCC2C3CC[C@@H]4C[C@@H](N=O)CC[C@]4(C)C3CC[C@@]21C. The number of rotatable bonds is 6. The number of fused-ring (bicyclic) bond motifs is 5. The van der Waals surface area contributed by atoms with Gasteiger partial charge in [0.2, 0.25) is 0 Å². The third-order valence-corrected chi connectivity index (χ3v) is 11.8. The summed E-state index contributed by atoms with van der Waals surface area (Å²) in [4.78, 5) is 11.2. The van der Waals surface area contributed by atoms with Crippen molar-refractivity contribution in [2.75, 3.05) is 0 Å². The average Bonchev–Trinajstić information content (AvgIpc) is 3.08. The molecule has 2 heteroatoms. The summed E-state index contributed by atoms with van der Waals surface area (Å²) in [5.41, 5.74) is 1.08. The zero-order valence-corrected chi connectivity index (χ0v) is 20.8. The molecule has 0 radical (unpaired) electrons. The van der Waals surface area contributed by atoms with Gasteiger partial charge in [0.1, 0.15) is 0 Å². The fraction of sp³-hybridized carbons (Fsp3) is 1.00. The molecule has 0 aromatic heterocycles. The summed E-state index contributed by atoms with van der Waals surface area (Å²) in [6.45, 7) is 15.1. The van der Waals surface area contributed by atoms with E-state index in [2.05, 4.69) is 46.7 Å². The van der Waals surface area contributed by atoms with Crippen molar-refractivity contribution >= 4 is 0 Å². The summed E-state index contributed by atoms with van der Waals surface area (Å²) < 4.78 is 0. The van der Waals surface area contributed by atoms with Gasteiger partial charge in [-0.25, -0.2) is 0 Å². The smallest absolute Gasteiger partial charge is 0.0922 e. The Bertz CT molecular complexity index is 616. The van der Waals surface area contributed by atoms with Crippen molar-refractivity contribution < 1.29 is 0 Å². The van der Waals surface area contributed by atoms with Crippen LogP contribution in [0.4, 0.5) is 0 Å². The minimum Gasteiger partial charge on any atom is -0.151 e. The third kappa shape index (κ3) is 3.71. The molecule has 0 heterocycles. The highest BCUT2D eigenvalue weighted by Gasteiger charge is 2.60. The van der Waals surface area contributed by atoms with Crippen LogP contribution in [0.5, 0.6) is 0 Å². The van der Waals surface area contributed by atoms with Crippen LogP contribution in [-0.4, -0.2) is 6.04 Å². The van der Waals surface area contributed by atoms with Crippen LogP contribution in [-0.2, 0) is 0 Å². The highest BCUT2D eigenvalue weighted by atomic mass is 16.3. The average molecular weight is 416 g/mol. The monoisotopic (exact) mass is 415 g/mol. The first-order valence-corrected chi connectivity index (χ1v) is 13.5. The van der Waals surface area contributed by atoms with Gasteiger partial charge in [-0.15, -0.1) is 0 Å². The van der Waals surface area contributed by atoms with Crippen LogP contribution in [0.25, 0.3) is 0 Å². The van der Waals surface area contributed by atoms with Crippen LogP contribution in [0.2, 0.25) is 0 Å². The Hall–Kier alpha value is -0.400. The van der Waals surface area contributed by atoms with Gasteiger partial charge in [-0.1, -0.05) is 59.6 Å². The van der Waals surface area contributed by atoms with E-state index in [4.69, 9.17) is 0 Å². The van der Waals surface area contributed by atoms with Gasteiger partial charge in [0.05, 0.1) is 6.04 Å². The van der Waals surface area contributed by atoms with Crippen molar-refractivity contribution in [3.8, 4) is 0 Å². The Morgan fingerprint density at radius 3 is 2.23 bits per heavy atom. The molecule has 0 bridgehead atoms. The van der Waals surface area contributed by atoms with Crippen LogP contribution in [0.3, 0.4) is 0 Å². The van der Waals surface area contributed by atoms with Gasteiger partial charge in [-0.3, -0.25) is 0 Å². The molecule has 4 aliphatic rings. The van der Waals surface area contributed by atoms with Gasteiger partial charge < -0.3 is 0 Å². The van der Waals surface area contributed by atoms with Gasteiger partial charge in [-0.2, -0.15) is 4.91 Å². The molecule has 0 amide bonds. The molecule has 0 N–H and O–H groups in total. The lowest BCUT2D eigenvalue weighted by Gasteiger charge is -2.61. The molecule has 30 heavy (non-hydrogen) atoms. The molecule has 0 aromatic rings.